The Hall–Kier alpha value is -9.83. The Bertz CT molecular complexity index is 4730. The van der Waals surface area contributed by atoms with E-state index in [1.54, 1.807) is 0 Å². The zero-order valence-electron chi connectivity index (χ0n) is 58.7. The molecule has 0 heterocycles. The third-order valence-electron chi connectivity index (χ3n) is 18.8. The number of halogens is 3. The van der Waals surface area contributed by atoms with Crippen molar-refractivity contribution in [1.82, 2.24) is 0 Å². The normalized spacial score (nSPS) is 11.5. The van der Waals surface area contributed by atoms with Crippen molar-refractivity contribution in [3.63, 3.8) is 0 Å². The zero-order chi connectivity index (χ0) is 70.6. The number of rotatable bonds is 15. The van der Waals surface area contributed by atoms with E-state index in [1.807, 2.05) is 31.2 Å². The van der Waals surface area contributed by atoms with Crippen molar-refractivity contribution >= 4 is 125 Å². The second kappa shape index (κ2) is 31.8. The number of nitrogens with zero attached hydrogens (tertiary/aromatic N) is 1. The summed E-state index contributed by atoms with van der Waals surface area (Å²) in [4.78, 5) is 2.37. The van der Waals surface area contributed by atoms with Crippen LogP contribution in [0.25, 0.3) is 22.3 Å². The zero-order valence-corrected chi connectivity index (χ0v) is 63.8. The molecule has 14 rings (SSSR count). The molecule has 0 aliphatic carbocycles. The maximum atomic E-state index is 6.78. The van der Waals surface area contributed by atoms with Crippen LogP contribution in [0.15, 0.2) is 368 Å². The topological polar surface area (TPSA) is 15.3 Å². The second-order valence-corrected chi connectivity index (χ2v) is 37.3. The molecule has 0 fully saturated rings. The van der Waals surface area contributed by atoms with Crippen LogP contribution in [0.1, 0.15) is 63.8 Å². The Morgan fingerprint density at radius 1 is 0.307 bits per heavy atom. The van der Waals surface area contributed by atoms with Crippen LogP contribution in [0, 0.1) is 13.8 Å². The molecule has 0 bridgehead atoms. The van der Waals surface area contributed by atoms with Crippen molar-refractivity contribution in [3.8, 4) is 22.3 Å². The second-order valence-electron chi connectivity index (χ2n) is 27.9. The van der Waals surface area contributed by atoms with E-state index in [2.05, 4.69) is 414 Å². The average molecular weight is 1450 g/mol. The molecule has 0 amide bonds. The molecule has 0 radical (unpaired) electrons. The van der Waals surface area contributed by atoms with Gasteiger partial charge >= 0.3 is 0 Å². The van der Waals surface area contributed by atoms with Crippen LogP contribution >= 0.6 is 39.1 Å². The van der Waals surface area contributed by atoms with Gasteiger partial charge in [0, 0.05) is 48.4 Å². The van der Waals surface area contributed by atoms with Crippen LogP contribution in [-0.2, 0) is 10.8 Å². The fourth-order valence-electron chi connectivity index (χ4n) is 13.9. The highest BCUT2D eigenvalue weighted by Gasteiger charge is 2.43. The molecule has 14 aromatic carbocycles. The molecule has 2 nitrogen and oxygen atoms in total. The van der Waals surface area contributed by atoms with Gasteiger partial charge in [-0.05, 0) is 184 Å². The molecule has 500 valence electrons. The fraction of sp³-hybridized carbons (Fsp3) is 0.106. The predicted molar refractivity (Wildman–Crippen MR) is 446 cm³/mol. The fourth-order valence-corrected chi connectivity index (χ4v) is 24.7. The standard InChI is InChI=1S/C47H42ClNSi.C40H37NSi.C7H6BrCl/c1-35-31-38(48)34-40(32-35)49(46-30-25-37(47(2,3)4)33-45(46)36-17-9-5-10-18-36)39-26-28-44(29-27-39)50(41-19-11-6-12-20-41,42-21-13-7-14-22-42)43-23-15-8-16-24-43;1-40(2,3)32-24-29-39(38(30-32)31-16-8-4-9-17-31)41-33-25-27-37(28-26-33)42(34-18-10-5-11-19-34,35-20-12-6-13-21-35)36-22-14-7-15-23-36;1-5-2-6(8)4-7(9)3-5/h5-34H,1-4H3;4-30,41H,1-3H3;2-4H,1H3. The first kappa shape index (κ1) is 71.0. The molecule has 0 unspecified atom stereocenters. The van der Waals surface area contributed by atoms with Crippen molar-refractivity contribution in [2.24, 2.45) is 0 Å². The van der Waals surface area contributed by atoms with E-state index in [0.29, 0.717) is 0 Å². The lowest BCUT2D eigenvalue weighted by Gasteiger charge is -2.35. The van der Waals surface area contributed by atoms with Gasteiger partial charge in [-0.2, -0.15) is 0 Å². The van der Waals surface area contributed by atoms with Crippen molar-refractivity contribution in [2.45, 2.75) is 66.2 Å². The van der Waals surface area contributed by atoms with Gasteiger partial charge in [-0.25, -0.2) is 0 Å². The first-order valence-corrected chi connectivity index (χ1v) is 40.2. The highest BCUT2D eigenvalue weighted by molar-refractivity contribution is 9.10. The van der Waals surface area contributed by atoms with E-state index in [4.69, 9.17) is 23.2 Å². The highest BCUT2D eigenvalue weighted by Crippen LogP contribution is 2.44. The molecular weight excluding hydrogens is 1360 g/mol. The molecule has 0 saturated heterocycles. The Morgan fingerprint density at radius 3 is 1.00 bits per heavy atom. The Kier molecular flexibility index (Phi) is 22.4. The molecule has 0 aromatic heterocycles. The number of hydrogen-bond acceptors (Lipinski definition) is 2. The van der Waals surface area contributed by atoms with Crippen molar-refractivity contribution in [2.75, 3.05) is 10.2 Å². The minimum atomic E-state index is -2.67. The summed E-state index contributed by atoms with van der Waals surface area (Å²) in [6, 6.07) is 132. The van der Waals surface area contributed by atoms with Crippen LogP contribution in [0.5, 0.6) is 0 Å². The number of benzene rings is 14. The summed E-state index contributed by atoms with van der Waals surface area (Å²) >= 11 is 15.8. The molecule has 0 aliphatic heterocycles. The smallest absolute Gasteiger partial charge is 0.179 e. The lowest BCUT2D eigenvalue weighted by molar-refractivity contribution is 0.590. The molecule has 0 spiro atoms. The third-order valence-corrected chi connectivity index (χ3v) is 29.3. The van der Waals surface area contributed by atoms with E-state index in [0.717, 1.165) is 48.5 Å². The Morgan fingerprint density at radius 2 is 0.634 bits per heavy atom. The van der Waals surface area contributed by atoms with Gasteiger partial charge in [0.25, 0.3) is 0 Å². The van der Waals surface area contributed by atoms with Crippen molar-refractivity contribution in [3.05, 3.63) is 401 Å². The van der Waals surface area contributed by atoms with Crippen LogP contribution in [0.3, 0.4) is 0 Å². The molecule has 1 N–H and O–H groups in total. The monoisotopic (exact) mass is 1450 g/mol. The first-order valence-electron chi connectivity index (χ1n) is 34.6. The molecule has 14 aromatic rings. The quantitative estimate of drug-likeness (QED) is 0.0813. The van der Waals surface area contributed by atoms with Crippen LogP contribution in [-0.4, -0.2) is 16.1 Å². The van der Waals surface area contributed by atoms with E-state index in [1.165, 1.54) is 80.4 Å². The summed E-state index contributed by atoms with van der Waals surface area (Å²) in [6.45, 7) is 17.7. The summed E-state index contributed by atoms with van der Waals surface area (Å²) in [6.07, 6.45) is 0. The molecule has 101 heavy (non-hydrogen) atoms. The van der Waals surface area contributed by atoms with Crippen LogP contribution in [0.4, 0.5) is 28.4 Å². The third kappa shape index (κ3) is 16.2. The SMILES string of the molecule is CC(C)(C)c1ccc(Nc2ccc([Si](c3ccccc3)(c3ccccc3)c3ccccc3)cc2)c(-c2ccccc2)c1.Cc1cc(Cl)cc(Br)c1.Cc1cc(Cl)cc(N(c2ccc([Si](c3ccccc3)(c3ccccc3)c3ccccc3)cc2)c2ccc(C(C)(C)C)cc2-c2ccccc2)c1. The van der Waals surface area contributed by atoms with Crippen LogP contribution in [0.2, 0.25) is 10.0 Å². The molecule has 7 heteroatoms. The number of nitrogens with one attached hydrogen (secondary N) is 1. The lowest BCUT2D eigenvalue weighted by atomic mass is 9.84. The van der Waals surface area contributed by atoms with Gasteiger partial charge in [0.05, 0.1) is 5.69 Å². The van der Waals surface area contributed by atoms with E-state index in [9.17, 15) is 0 Å². The van der Waals surface area contributed by atoms with Gasteiger partial charge in [0.15, 0.2) is 16.1 Å². The molecular formula is C94H85BrCl2N2Si2. The van der Waals surface area contributed by atoms with Crippen LogP contribution < -0.4 is 51.7 Å². The Labute approximate surface area is 619 Å². The van der Waals surface area contributed by atoms with Gasteiger partial charge in [-0.15, -0.1) is 0 Å². The van der Waals surface area contributed by atoms with Gasteiger partial charge in [-0.3, -0.25) is 0 Å². The first-order chi connectivity index (χ1) is 48.9. The summed E-state index contributed by atoms with van der Waals surface area (Å²) in [5.74, 6) is 0. The van der Waals surface area contributed by atoms with Gasteiger partial charge in [0.2, 0.25) is 0 Å². The average Bonchev–Trinajstić information content (AvgIpc) is 0.739. The Balaban J connectivity index is 0.000000172. The summed E-state index contributed by atoms with van der Waals surface area (Å²) in [7, 11) is -5.20. The predicted octanol–water partition coefficient (Wildman–Crippen LogP) is 21.6. The van der Waals surface area contributed by atoms with E-state index in [-0.39, 0.29) is 10.8 Å². The number of anilines is 5. The van der Waals surface area contributed by atoms with E-state index < -0.39 is 16.1 Å². The maximum Gasteiger partial charge on any atom is 0.179 e. The minimum absolute atomic E-state index is 0.00144. The summed E-state index contributed by atoms with van der Waals surface area (Å²) < 4.78 is 1.03. The number of aryl methyl sites for hydroxylation is 2. The van der Waals surface area contributed by atoms with E-state index >= 15 is 0 Å². The van der Waals surface area contributed by atoms with Crippen molar-refractivity contribution < 1.29 is 0 Å². The molecule has 0 saturated carbocycles. The largest absolute Gasteiger partial charge is 0.355 e. The molecule has 0 atom stereocenters. The highest BCUT2D eigenvalue weighted by atomic mass is 79.9. The summed E-state index contributed by atoms with van der Waals surface area (Å²) in [5, 5.41) is 16.2. The van der Waals surface area contributed by atoms with Gasteiger partial charge in [-0.1, -0.05) is 360 Å². The lowest BCUT2D eigenvalue weighted by Crippen LogP contribution is -2.74. The van der Waals surface area contributed by atoms with Gasteiger partial charge < -0.3 is 10.2 Å². The van der Waals surface area contributed by atoms with Gasteiger partial charge in [0.1, 0.15) is 0 Å². The minimum Gasteiger partial charge on any atom is -0.355 e. The molecule has 0 aliphatic rings. The maximum absolute atomic E-state index is 6.78. The summed E-state index contributed by atoms with van der Waals surface area (Å²) in [5.41, 5.74) is 15.2. The number of hydrogen-bond donors (Lipinski definition) is 1. The van der Waals surface area contributed by atoms with Crippen molar-refractivity contribution in [1.29, 1.82) is 0 Å².